The molecule has 1 aliphatic rings. The monoisotopic (exact) mass is 288 g/mol. The largest absolute Gasteiger partial charge is 0.368 e. The maximum Gasteiger partial charge on any atom is 0.231 e. The number of halogens is 1. The zero-order valence-corrected chi connectivity index (χ0v) is 11.5. The second-order valence-corrected chi connectivity index (χ2v) is 4.89. The Labute approximate surface area is 121 Å². The van der Waals surface area contributed by atoms with Gasteiger partial charge in [-0.25, -0.2) is 9.97 Å². The molecule has 3 rings (SSSR count). The van der Waals surface area contributed by atoms with Crippen molar-refractivity contribution in [2.24, 2.45) is 0 Å². The van der Waals surface area contributed by atoms with Crippen molar-refractivity contribution in [2.45, 2.75) is 6.42 Å². The van der Waals surface area contributed by atoms with Gasteiger partial charge < -0.3 is 10.2 Å². The normalized spacial score (nSPS) is 13.4. The van der Waals surface area contributed by atoms with Crippen LogP contribution in [0.4, 0.5) is 11.5 Å². The van der Waals surface area contributed by atoms with Crippen LogP contribution in [0.3, 0.4) is 0 Å². The van der Waals surface area contributed by atoms with Gasteiger partial charge in [-0.3, -0.25) is 4.79 Å². The summed E-state index contributed by atoms with van der Waals surface area (Å²) in [6.07, 6.45) is 1.89. The highest BCUT2D eigenvalue weighted by molar-refractivity contribution is 6.29. The number of carbonyl (C=O) groups is 1. The molecule has 1 aromatic carbocycles. The van der Waals surface area contributed by atoms with E-state index in [4.69, 9.17) is 11.6 Å². The quantitative estimate of drug-likeness (QED) is 0.876. The third-order valence-electron chi connectivity index (χ3n) is 3.20. The topological polar surface area (TPSA) is 58.1 Å². The van der Waals surface area contributed by atoms with Gasteiger partial charge in [-0.15, -0.1) is 0 Å². The molecule has 1 amide bonds. The summed E-state index contributed by atoms with van der Waals surface area (Å²) < 4.78 is 0. The van der Waals surface area contributed by atoms with Crippen molar-refractivity contribution in [1.82, 2.24) is 9.97 Å². The third kappa shape index (κ3) is 2.58. The van der Waals surface area contributed by atoms with E-state index >= 15 is 0 Å². The molecule has 1 N–H and O–H groups in total. The third-order valence-corrected chi connectivity index (χ3v) is 3.41. The molecule has 0 spiro atoms. The number of fused-ring (bicyclic) bond motifs is 1. The molecule has 1 aliphatic heterocycles. The second kappa shape index (κ2) is 5.46. The Balaban J connectivity index is 1.63. The number of aromatic nitrogens is 2. The first-order valence-electron chi connectivity index (χ1n) is 6.34. The van der Waals surface area contributed by atoms with Crippen LogP contribution < -0.4 is 10.2 Å². The van der Waals surface area contributed by atoms with E-state index in [9.17, 15) is 4.79 Å². The van der Waals surface area contributed by atoms with E-state index in [0.29, 0.717) is 30.5 Å². The number of hydrogen-bond acceptors (Lipinski definition) is 4. The van der Waals surface area contributed by atoms with Crippen LogP contribution in [0.1, 0.15) is 5.56 Å². The second-order valence-electron chi connectivity index (χ2n) is 4.50. The fraction of sp³-hybridized carbons (Fsp3) is 0.214. The molecule has 2 aromatic rings. The van der Waals surface area contributed by atoms with Crippen molar-refractivity contribution in [1.29, 1.82) is 0 Å². The summed E-state index contributed by atoms with van der Waals surface area (Å²) in [6, 6.07) is 9.52. The molecule has 0 unspecified atom stereocenters. The van der Waals surface area contributed by atoms with Gasteiger partial charge >= 0.3 is 0 Å². The molecular formula is C14H13ClN4O. The fourth-order valence-electron chi connectivity index (χ4n) is 2.29. The Hall–Kier alpha value is -2.14. The van der Waals surface area contributed by atoms with Crippen LogP contribution >= 0.6 is 11.6 Å². The zero-order chi connectivity index (χ0) is 13.9. The van der Waals surface area contributed by atoms with Crippen molar-refractivity contribution in [3.05, 3.63) is 47.4 Å². The molecule has 2 heterocycles. The molecule has 0 saturated heterocycles. The predicted molar refractivity (Wildman–Crippen MR) is 78.0 cm³/mol. The van der Waals surface area contributed by atoms with Gasteiger partial charge in [0.25, 0.3) is 0 Å². The highest BCUT2D eigenvalue weighted by atomic mass is 35.5. The maximum absolute atomic E-state index is 12.0. The summed E-state index contributed by atoms with van der Waals surface area (Å²) in [5, 5.41) is 3.53. The molecule has 20 heavy (non-hydrogen) atoms. The molecule has 0 atom stereocenters. The summed E-state index contributed by atoms with van der Waals surface area (Å²) >= 11 is 5.79. The van der Waals surface area contributed by atoms with Gasteiger partial charge in [0.05, 0.1) is 6.42 Å². The summed E-state index contributed by atoms with van der Waals surface area (Å²) in [5.41, 5.74) is 2.09. The van der Waals surface area contributed by atoms with Crippen LogP contribution in [0.2, 0.25) is 5.15 Å². The Kier molecular flexibility index (Phi) is 3.52. The number of benzene rings is 1. The number of nitrogens with zero attached hydrogens (tertiary/aromatic N) is 3. The molecular weight excluding hydrogens is 276 g/mol. The minimum Gasteiger partial charge on any atom is -0.368 e. The highest BCUT2D eigenvalue weighted by Crippen LogP contribution is 2.27. The van der Waals surface area contributed by atoms with Crippen LogP contribution in [-0.2, 0) is 11.2 Å². The Bertz CT molecular complexity index is 647. The standard InChI is InChI=1S/C14H13ClN4O/c15-12-8-13(18-9-17-12)16-5-6-19-11-4-2-1-3-10(11)7-14(19)20/h1-4,8-9H,5-7H2,(H,16,17,18). The average molecular weight is 289 g/mol. The molecule has 102 valence electrons. The number of carbonyl (C=O) groups excluding carboxylic acids is 1. The van der Waals surface area contributed by atoms with E-state index in [2.05, 4.69) is 15.3 Å². The van der Waals surface area contributed by atoms with E-state index in [-0.39, 0.29) is 5.91 Å². The van der Waals surface area contributed by atoms with Crippen molar-refractivity contribution >= 4 is 29.0 Å². The van der Waals surface area contributed by atoms with Gasteiger partial charge in [-0.1, -0.05) is 29.8 Å². The van der Waals surface area contributed by atoms with Gasteiger partial charge in [0.2, 0.25) is 5.91 Å². The Morgan fingerprint density at radius 1 is 1.30 bits per heavy atom. The maximum atomic E-state index is 12.0. The fourth-order valence-corrected chi connectivity index (χ4v) is 2.43. The Morgan fingerprint density at radius 2 is 2.15 bits per heavy atom. The van der Waals surface area contributed by atoms with Crippen LogP contribution in [0.15, 0.2) is 36.7 Å². The van der Waals surface area contributed by atoms with Crippen molar-refractivity contribution in [3.8, 4) is 0 Å². The lowest BCUT2D eigenvalue weighted by atomic mass is 10.2. The highest BCUT2D eigenvalue weighted by Gasteiger charge is 2.25. The molecule has 0 bridgehead atoms. The first kappa shape index (κ1) is 12.9. The van der Waals surface area contributed by atoms with Crippen molar-refractivity contribution in [2.75, 3.05) is 23.3 Å². The smallest absolute Gasteiger partial charge is 0.231 e. The average Bonchev–Trinajstić information content (AvgIpc) is 2.75. The first-order valence-corrected chi connectivity index (χ1v) is 6.71. The van der Waals surface area contributed by atoms with Gasteiger partial charge in [-0.2, -0.15) is 0 Å². The molecule has 1 aromatic heterocycles. The number of para-hydroxylation sites is 1. The lowest BCUT2D eigenvalue weighted by Crippen LogP contribution is -2.31. The van der Waals surface area contributed by atoms with Gasteiger partial charge in [-0.05, 0) is 11.6 Å². The lowest BCUT2D eigenvalue weighted by molar-refractivity contribution is -0.117. The molecule has 6 heteroatoms. The van der Waals surface area contributed by atoms with Crippen LogP contribution in [0.5, 0.6) is 0 Å². The lowest BCUT2D eigenvalue weighted by Gasteiger charge is -2.17. The van der Waals surface area contributed by atoms with E-state index in [1.165, 1.54) is 6.33 Å². The summed E-state index contributed by atoms with van der Waals surface area (Å²) in [4.78, 5) is 21.6. The number of rotatable bonds is 4. The van der Waals surface area contributed by atoms with Gasteiger partial charge in [0.15, 0.2) is 0 Å². The SMILES string of the molecule is O=C1Cc2ccccc2N1CCNc1cc(Cl)ncn1. The number of hydrogen-bond donors (Lipinski definition) is 1. The van der Waals surface area contributed by atoms with Crippen molar-refractivity contribution < 1.29 is 4.79 Å². The van der Waals surface area contributed by atoms with Crippen LogP contribution in [0, 0.1) is 0 Å². The van der Waals surface area contributed by atoms with Crippen LogP contribution in [-0.4, -0.2) is 29.0 Å². The molecule has 0 radical (unpaired) electrons. The summed E-state index contributed by atoms with van der Waals surface area (Å²) in [5.74, 6) is 0.790. The Morgan fingerprint density at radius 3 is 3.00 bits per heavy atom. The number of amides is 1. The van der Waals surface area contributed by atoms with Crippen molar-refractivity contribution in [3.63, 3.8) is 0 Å². The molecule has 0 fully saturated rings. The van der Waals surface area contributed by atoms with E-state index in [0.717, 1.165) is 11.3 Å². The number of anilines is 2. The minimum absolute atomic E-state index is 0.133. The van der Waals surface area contributed by atoms with E-state index in [1.807, 2.05) is 24.3 Å². The van der Waals surface area contributed by atoms with Gasteiger partial charge in [0.1, 0.15) is 17.3 Å². The molecule has 0 aliphatic carbocycles. The first-order chi connectivity index (χ1) is 9.74. The van der Waals surface area contributed by atoms with Gasteiger partial charge in [0, 0.05) is 24.8 Å². The number of nitrogens with one attached hydrogen (secondary N) is 1. The van der Waals surface area contributed by atoms with Crippen LogP contribution in [0.25, 0.3) is 0 Å². The zero-order valence-electron chi connectivity index (χ0n) is 10.7. The molecule has 5 nitrogen and oxygen atoms in total. The molecule has 0 saturated carbocycles. The summed E-state index contributed by atoms with van der Waals surface area (Å²) in [6.45, 7) is 1.20. The van der Waals surface area contributed by atoms with E-state index in [1.54, 1.807) is 11.0 Å². The van der Waals surface area contributed by atoms with E-state index < -0.39 is 0 Å². The predicted octanol–water partition coefficient (Wildman–Crippen LogP) is 2.13. The summed E-state index contributed by atoms with van der Waals surface area (Å²) in [7, 11) is 0. The minimum atomic E-state index is 0.133.